The topological polar surface area (TPSA) is 27.0 Å². The largest absolute Gasteiger partial charge is 0.303 e. The molecule has 0 aromatic heterocycles. The van der Waals surface area contributed by atoms with Gasteiger partial charge in [-0.1, -0.05) is 13.3 Å². The first-order valence-electron chi connectivity index (χ1n) is 5.42. The molecule has 0 aliphatic carbocycles. The molecule has 1 unspecified atom stereocenters. The Morgan fingerprint density at radius 3 is 2.62 bits per heavy atom. The van der Waals surface area contributed by atoms with Gasteiger partial charge in [-0.25, -0.2) is 0 Å². The van der Waals surface area contributed by atoms with Gasteiger partial charge in [0.2, 0.25) is 0 Å². The molecule has 0 bridgehead atoms. The Hall–Kier alpha value is -0.550. The van der Waals surface area contributed by atoms with Crippen molar-refractivity contribution in [3.05, 3.63) is 0 Å². The van der Waals surface area contributed by atoms with E-state index in [2.05, 4.69) is 17.9 Å². The van der Waals surface area contributed by atoms with Crippen LogP contribution in [-0.4, -0.2) is 24.5 Å². The predicted octanol–water partition coefficient (Wildman–Crippen LogP) is 2.41. The average Bonchev–Trinajstić information content (AvgIpc) is 2.16. The number of rotatable bonds is 4. The van der Waals surface area contributed by atoms with Crippen LogP contribution in [0.5, 0.6) is 0 Å². The van der Waals surface area contributed by atoms with Crippen LogP contribution in [-0.2, 0) is 0 Å². The first-order valence-corrected chi connectivity index (χ1v) is 5.42. The summed E-state index contributed by atoms with van der Waals surface area (Å²) in [5.74, 6) is 0.692. The van der Waals surface area contributed by atoms with E-state index in [1.54, 1.807) is 0 Å². The van der Waals surface area contributed by atoms with Gasteiger partial charge in [0.15, 0.2) is 0 Å². The van der Waals surface area contributed by atoms with Crippen LogP contribution >= 0.6 is 0 Å². The fourth-order valence-corrected chi connectivity index (χ4v) is 1.98. The molecule has 2 heteroatoms. The van der Waals surface area contributed by atoms with Gasteiger partial charge >= 0.3 is 0 Å². The van der Waals surface area contributed by atoms with Crippen LogP contribution in [0.25, 0.3) is 0 Å². The minimum atomic E-state index is 0.692. The van der Waals surface area contributed by atoms with Crippen molar-refractivity contribution in [1.29, 1.82) is 5.26 Å². The third-order valence-corrected chi connectivity index (χ3v) is 2.77. The van der Waals surface area contributed by atoms with Crippen molar-refractivity contribution in [2.45, 2.75) is 39.0 Å². The quantitative estimate of drug-likeness (QED) is 0.664. The minimum Gasteiger partial charge on any atom is -0.303 e. The summed E-state index contributed by atoms with van der Waals surface area (Å²) in [4.78, 5) is 2.55. The van der Waals surface area contributed by atoms with Crippen molar-refractivity contribution in [2.24, 2.45) is 5.92 Å². The van der Waals surface area contributed by atoms with E-state index in [0.717, 1.165) is 12.8 Å². The minimum absolute atomic E-state index is 0.692. The normalized spacial score (nSPS) is 20.9. The van der Waals surface area contributed by atoms with Crippen LogP contribution in [0.4, 0.5) is 0 Å². The molecule has 1 rings (SSSR count). The molecule has 1 saturated heterocycles. The highest BCUT2D eigenvalue weighted by Gasteiger charge is 2.12. The van der Waals surface area contributed by atoms with E-state index in [1.807, 2.05) is 0 Å². The van der Waals surface area contributed by atoms with Crippen LogP contribution < -0.4 is 0 Å². The summed E-state index contributed by atoms with van der Waals surface area (Å²) in [5.41, 5.74) is 0. The van der Waals surface area contributed by atoms with Crippen molar-refractivity contribution in [2.75, 3.05) is 19.6 Å². The summed E-state index contributed by atoms with van der Waals surface area (Å²) in [7, 11) is 0. The van der Waals surface area contributed by atoms with Crippen molar-refractivity contribution < 1.29 is 0 Å². The summed E-state index contributed by atoms with van der Waals surface area (Å²) >= 11 is 0. The lowest BCUT2D eigenvalue weighted by atomic mass is 10.0. The molecule has 0 aromatic carbocycles. The highest BCUT2D eigenvalue weighted by molar-refractivity contribution is 4.73. The van der Waals surface area contributed by atoms with E-state index in [4.69, 9.17) is 5.26 Å². The highest BCUT2D eigenvalue weighted by atomic mass is 15.1. The Morgan fingerprint density at radius 2 is 2.00 bits per heavy atom. The highest BCUT2D eigenvalue weighted by Crippen LogP contribution is 2.13. The van der Waals surface area contributed by atoms with E-state index in [1.165, 1.54) is 38.9 Å². The number of piperidine rings is 1. The van der Waals surface area contributed by atoms with Gasteiger partial charge in [-0.15, -0.1) is 0 Å². The first kappa shape index (κ1) is 10.5. The van der Waals surface area contributed by atoms with Gasteiger partial charge in [0.25, 0.3) is 0 Å². The second kappa shape index (κ2) is 5.99. The Balaban J connectivity index is 2.11. The molecule has 2 nitrogen and oxygen atoms in total. The van der Waals surface area contributed by atoms with Crippen molar-refractivity contribution >= 4 is 0 Å². The van der Waals surface area contributed by atoms with Gasteiger partial charge in [0.05, 0.1) is 6.07 Å². The fourth-order valence-electron chi connectivity index (χ4n) is 1.98. The second-order valence-corrected chi connectivity index (χ2v) is 4.16. The Kier molecular flexibility index (Phi) is 4.85. The predicted molar refractivity (Wildman–Crippen MR) is 54.3 cm³/mol. The van der Waals surface area contributed by atoms with Crippen LogP contribution in [0.15, 0.2) is 0 Å². The zero-order chi connectivity index (χ0) is 9.52. The summed E-state index contributed by atoms with van der Waals surface area (Å²) < 4.78 is 0. The summed E-state index contributed by atoms with van der Waals surface area (Å²) in [6.45, 7) is 6.00. The molecular weight excluding hydrogens is 160 g/mol. The Bertz CT molecular complexity index is 165. The van der Waals surface area contributed by atoms with Crippen LogP contribution in [0.3, 0.4) is 0 Å². The summed E-state index contributed by atoms with van der Waals surface area (Å²) in [6.07, 6.45) is 5.92. The Morgan fingerprint density at radius 1 is 1.31 bits per heavy atom. The maximum atomic E-state index is 8.46. The van der Waals surface area contributed by atoms with Gasteiger partial charge in [-0.3, -0.25) is 0 Å². The number of likely N-dealkylation sites (tertiary alicyclic amines) is 1. The van der Waals surface area contributed by atoms with Crippen LogP contribution in [0.2, 0.25) is 0 Å². The standard InChI is InChI=1S/C11H20N2/c1-11(6-5-7-12)10-13-8-3-2-4-9-13/h11H,2-6,8-10H2,1H3. The van der Waals surface area contributed by atoms with E-state index in [9.17, 15) is 0 Å². The molecule has 1 atom stereocenters. The molecule has 0 N–H and O–H groups in total. The van der Waals surface area contributed by atoms with E-state index in [-0.39, 0.29) is 0 Å². The number of hydrogen-bond acceptors (Lipinski definition) is 2. The summed E-state index contributed by atoms with van der Waals surface area (Å²) in [5, 5.41) is 8.46. The number of hydrogen-bond donors (Lipinski definition) is 0. The number of nitriles is 1. The molecule has 1 aliphatic rings. The second-order valence-electron chi connectivity index (χ2n) is 4.16. The molecule has 1 aliphatic heterocycles. The van der Waals surface area contributed by atoms with Crippen LogP contribution in [0, 0.1) is 17.2 Å². The van der Waals surface area contributed by atoms with Gasteiger partial charge in [-0.2, -0.15) is 5.26 Å². The SMILES string of the molecule is CC(CCC#N)CN1CCCCC1. The lowest BCUT2D eigenvalue weighted by Crippen LogP contribution is -2.33. The van der Waals surface area contributed by atoms with Gasteiger partial charge in [0, 0.05) is 13.0 Å². The summed E-state index contributed by atoms with van der Waals surface area (Å²) in [6, 6.07) is 2.22. The Labute approximate surface area is 81.5 Å². The first-order chi connectivity index (χ1) is 6.33. The third kappa shape index (κ3) is 4.28. The van der Waals surface area contributed by atoms with E-state index in [0.29, 0.717) is 5.92 Å². The lowest BCUT2D eigenvalue weighted by Gasteiger charge is -2.28. The van der Waals surface area contributed by atoms with Crippen molar-refractivity contribution in [3.8, 4) is 6.07 Å². The van der Waals surface area contributed by atoms with Gasteiger partial charge < -0.3 is 4.90 Å². The molecule has 0 spiro atoms. The van der Waals surface area contributed by atoms with Crippen molar-refractivity contribution in [1.82, 2.24) is 4.90 Å². The number of nitrogens with zero attached hydrogens (tertiary/aromatic N) is 2. The third-order valence-electron chi connectivity index (χ3n) is 2.77. The molecule has 1 fully saturated rings. The van der Waals surface area contributed by atoms with Gasteiger partial charge in [0.1, 0.15) is 0 Å². The lowest BCUT2D eigenvalue weighted by molar-refractivity contribution is 0.197. The molecule has 13 heavy (non-hydrogen) atoms. The van der Waals surface area contributed by atoms with E-state index < -0.39 is 0 Å². The van der Waals surface area contributed by atoms with E-state index >= 15 is 0 Å². The zero-order valence-corrected chi connectivity index (χ0v) is 8.63. The fraction of sp³-hybridized carbons (Fsp3) is 0.909. The zero-order valence-electron chi connectivity index (χ0n) is 8.63. The molecule has 0 saturated carbocycles. The van der Waals surface area contributed by atoms with Crippen molar-refractivity contribution in [3.63, 3.8) is 0 Å². The smallest absolute Gasteiger partial charge is 0.0621 e. The molecule has 0 radical (unpaired) electrons. The average molecular weight is 180 g/mol. The van der Waals surface area contributed by atoms with Crippen LogP contribution in [0.1, 0.15) is 39.0 Å². The van der Waals surface area contributed by atoms with Gasteiger partial charge in [-0.05, 0) is 38.3 Å². The maximum Gasteiger partial charge on any atom is 0.0621 e. The maximum absolute atomic E-state index is 8.46. The molecular formula is C11H20N2. The molecule has 74 valence electrons. The molecule has 1 heterocycles. The monoisotopic (exact) mass is 180 g/mol. The molecule has 0 aromatic rings. The molecule has 0 amide bonds.